The summed E-state index contributed by atoms with van der Waals surface area (Å²) >= 11 is 1.35. The van der Waals surface area contributed by atoms with Gasteiger partial charge in [-0.15, -0.1) is 11.8 Å². The van der Waals surface area contributed by atoms with E-state index in [4.69, 9.17) is 9.47 Å². The number of carbonyl (C=O) groups is 3. The predicted octanol–water partition coefficient (Wildman–Crippen LogP) is 0.515. The van der Waals surface area contributed by atoms with Crippen LogP contribution in [0.25, 0.3) is 0 Å². The van der Waals surface area contributed by atoms with Crippen LogP contribution < -0.4 is 0 Å². The monoisotopic (exact) mass is 387 g/mol. The van der Waals surface area contributed by atoms with E-state index in [9.17, 15) is 14.4 Å². The average Bonchev–Trinajstić information content (AvgIpc) is 2.66. The lowest BCUT2D eigenvalue weighted by molar-refractivity contribution is -0.132. The Labute approximate surface area is 159 Å². The lowest BCUT2D eigenvalue weighted by atomic mass is 10.2. The average molecular weight is 388 g/mol. The van der Waals surface area contributed by atoms with E-state index in [1.54, 1.807) is 14.7 Å². The molecule has 148 valence electrons. The highest BCUT2D eigenvalue weighted by Gasteiger charge is 2.25. The first-order valence-corrected chi connectivity index (χ1v) is 10.3. The van der Waals surface area contributed by atoms with Crippen molar-refractivity contribution in [3.8, 4) is 0 Å². The second kappa shape index (κ2) is 10.6. The summed E-state index contributed by atoms with van der Waals surface area (Å²) in [6.45, 7) is 8.80. The van der Waals surface area contributed by atoms with Gasteiger partial charge in [-0.05, 0) is 5.92 Å². The minimum Gasteiger partial charge on any atom is -0.449 e. The highest BCUT2D eigenvalue weighted by atomic mass is 32.2. The largest absolute Gasteiger partial charge is 0.449 e. The van der Waals surface area contributed by atoms with Gasteiger partial charge in [0.15, 0.2) is 0 Å². The predicted molar refractivity (Wildman–Crippen MR) is 99.1 cm³/mol. The molecule has 0 unspecified atom stereocenters. The molecule has 0 saturated carbocycles. The number of thioether (sulfide) groups is 1. The molecule has 0 radical (unpaired) electrons. The van der Waals surface area contributed by atoms with Crippen molar-refractivity contribution in [2.75, 3.05) is 70.6 Å². The molecule has 0 spiro atoms. The van der Waals surface area contributed by atoms with Gasteiger partial charge in [0.25, 0.3) is 0 Å². The number of nitrogens with zero attached hydrogens (tertiary/aromatic N) is 3. The van der Waals surface area contributed by atoms with E-state index in [-0.39, 0.29) is 23.7 Å². The Hall–Kier alpha value is -1.48. The summed E-state index contributed by atoms with van der Waals surface area (Å²) in [6, 6.07) is 0. The normalized spacial score (nSPS) is 18.2. The summed E-state index contributed by atoms with van der Waals surface area (Å²) in [4.78, 5) is 41.4. The van der Waals surface area contributed by atoms with Crippen LogP contribution in [-0.2, 0) is 19.1 Å². The number of rotatable bonds is 6. The van der Waals surface area contributed by atoms with Gasteiger partial charge in [0, 0.05) is 39.3 Å². The number of hydrogen-bond donors (Lipinski definition) is 0. The van der Waals surface area contributed by atoms with E-state index >= 15 is 0 Å². The highest BCUT2D eigenvalue weighted by Crippen LogP contribution is 2.10. The molecule has 2 saturated heterocycles. The lowest BCUT2D eigenvalue weighted by Crippen LogP contribution is -2.51. The van der Waals surface area contributed by atoms with Crippen molar-refractivity contribution < 1.29 is 23.9 Å². The maximum absolute atomic E-state index is 12.3. The molecule has 0 N–H and O–H groups in total. The Kier molecular flexibility index (Phi) is 8.50. The van der Waals surface area contributed by atoms with Crippen LogP contribution in [0.1, 0.15) is 13.8 Å². The maximum Gasteiger partial charge on any atom is 0.409 e. The minimum atomic E-state index is -0.309. The molecular formula is C17H29N3O5S. The third-order valence-electron chi connectivity index (χ3n) is 4.25. The molecule has 2 fully saturated rings. The molecule has 2 aliphatic heterocycles. The SMILES string of the molecule is CC(C)COC(=O)N1CCN(C(=O)CSCC(=O)N2CCOCC2)CC1. The lowest BCUT2D eigenvalue weighted by Gasteiger charge is -2.34. The summed E-state index contributed by atoms with van der Waals surface area (Å²) in [5.74, 6) is 0.976. The molecule has 0 aromatic rings. The molecule has 0 atom stereocenters. The quantitative estimate of drug-likeness (QED) is 0.661. The van der Waals surface area contributed by atoms with Crippen molar-refractivity contribution in [1.82, 2.24) is 14.7 Å². The Morgan fingerprint density at radius 3 is 1.92 bits per heavy atom. The van der Waals surface area contributed by atoms with Crippen molar-refractivity contribution in [2.45, 2.75) is 13.8 Å². The van der Waals surface area contributed by atoms with Crippen LogP contribution >= 0.6 is 11.8 Å². The van der Waals surface area contributed by atoms with Crippen LogP contribution in [0.2, 0.25) is 0 Å². The van der Waals surface area contributed by atoms with E-state index in [2.05, 4.69) is 0 Å². The van der Waals surface area contributed by atoms with Crippen molar-refractivity contribution in [1.29, 1.82) is 0 Å². The van der Waals surface area contributed by atoms with E-state index in [0.717, 1.165) is 0 Å². The molecule has 2 heterocycles. The first-order valence-electron chi connectivity index (χ1n) is 9.10. The zero-order chi connectivity index (χ0) is 18.9. The second-order valence-corrected chi connectivity index (χ2v) is 7.81. The smallest absolute Gasteiger partial charge is 0.409 e. The molecule has 0 aromatic carbocycles. The van der Waals surface area contributed by atoms with Gasteiger partial charge in [0.2, 0.25) is 11.8 Å². The standard InChI is InChI=1S/C17H29N3O5S/c1-14(2)11-25-17(23)20-5-3-18(4-6-20)15(21)12-26-13-16(22)19-7-9-24-10-8-19/h14H,3-13H2,1-2H3. The highest BCUT2D eigenvalue weighted by molar-refractivity contribution is 8.00. The molecule has 2 rings (SSSR count). The van der Waals surface area contributed by atoms with Gasteiger partial charge in [-0.1, -0.05) is 13.8 Å². The number of hydrogen-bond acceptors (Lipinski definition) is 6. The summed E-state index contributed by atoms with van der Waals surface area (Å²) in [5, 5.41) is 0. The number of morpholine rings is 1. The van der Waals surface area contributed by atoms with Crippen molar-refractivity contribution in [3.63, 3.8) is 0 Å². The minimum absolute atomic E-state index is 0.0139. The maximum atomic E-state index is 12.3. The van der Waals surface area contributed by atoms with E-state index in [1.165, 1.54) is 11.8 Å². The van der Waals surface area contributed by atoms with Crippen molar-refractivity contribution >= 4 is 29.7 Å². The fraction of sp³-hybridized carbons (Fsp3) is 0.824. The fourth-order valence-corrected chi connectivity index (χ4v) is 3.51. The summed E-state index contributed by atoms with van der Waals surface area (Å²) in [5.41, 5.74) is 0. The molecule has 3 amide bonds. The Bertz CT molecular complexity index is 489. The van der Waals surface area contributed by atoms with E-state index in [0.29, 0.717) is 70.8 Å². The molecule has 8 nitrogen and oxygen atoms in total. The summed E-state index contributed by atoms with van der Waals surface area (Å²) < 4.78 is 10.4. The summed E-state index contributed by atoms with van der Waals surface area (Å²) in [6.07, 6.45) is -0.309. The Balaban J connectivity index is 1.62. The number of amides is 3. The first kappa shape index (κ1) is 20.8. The van der Waals surface area contributed by atoms with Gasteiger partial charge >= 0.3 is 6.09 Å². The van der Waals surface area contributed by atoms with Crippen LogP contribution in [-0.4, -0.2) is 103 Å². The molecule has 0 aliphatic carbocycles. The molecule has 9 heteroatoms. The Morgan fingerprint density at radius 1 is 0.885 bits per heavy atom. The summed E-state index contributed by atoms with van der Waals surface area (Å²) in [7, 11) is 0. The zero-order valence-corrected chi connectivity index (χ0v) is 16.5. The van der Waals surface area contributed by atoms with Crippen LogP contribution in [0.3, 0.4) is 0 Å². The number of ether oxygens (including phenoxy) is 2. The van der Waals surface area contributed by atoms with Crippen LogP contribution in [0, 0.1) is 5.92 Å². The van der Waals surface area contributed by atoms with Gasteiger partial charge in [-0.25, -0.2) is 4.79 Å². The van der Waals surface area contributed by atoms with Crippen LogP contribution in [0.5, 0.6) is 0 Å². The van der Waals surface area contributed by atoms with Gasteiger partial charge in [-0.2, -0.15) is 0 Å². The van der Waals surface area contributed by atoms with Gasteiger partial charge in [0.05, 0.1) is 31.3 Å². The van der Waals surface area contributed by atoms with Crippen LogP contribution in [0.15, 0.2) is 0 Å². The van der Waals surface area contributed by atoms with Crippen molar-refractivity contribution in [2.24, 2.45) is 5.92 Å². The molecule has 0 bridgehead atoms. The first-order chi connectivity index (χ1) is 12.5. The second-order valence-electron chi connectivity index (χ2n) is 6.82. The molecular weight excluding hydrogens is 358 g/mol. The fourth-order valence-electron chi connectivity index (χ4n) is 2.69. The molecule has 0 aromatic heterocycles. The van der Waals surface area contributed by atoms with Gasteiger partial charge < -0.3 is 24.2 Å². The van der Waals surface area contributed by atoms with Gasteiger partial charge in [0.1, 0.15) is 0 Å². The zero-order valence-electron chi connectivity index (χ0n) is 15.6. The third kappa shape index (κ3) is 6.68. The Morgan fingerprint density at radius 2 is 1.38 bits per heavy atom. The number of piperazine rings is 1. The topological polar surface area (TPSA) is 79.4 Å². The van der Waals surface area contributed by atoms with E-state index in [1.807, 2.05) is 13.8 Å². The molecule has 2 aliphatic rings. The van der Waals surface area contributed by atoms with Gasteiger partial charge in [-0.3, -0.25) is 9.59 Å². The number of carbonyl (C=O) groups excluding carboxylic acids is 3. The van der Waals surface area contributed by atoms with E-state index < -0.39 is 0 Å². The molecule has 26 heavy (non-hydrogen) atoms. The van der Waals surface area contributed by atoms with Crippen LogP contribution in [0.4, 0.5) is 4.79 Å². The van der Waals surface area contributed by atoms with Crippen molar-refractivity contribution in [3.05, 3.63) is 0 Å². The third-order valence-corrected chi connectivity index (χ3v) is 5.15.